The summed E-state index contributed by atoms with van der Waals surface area (Å²) >= 11 is 1.87. The number of hydrogen-bond donors (Lipinski definition) is 1. The fourth-order valence-electron chi connectivity index (χ4n) is 2.47. The predicted molar refractivity (Wildman–Crippen MR) is 74.8 cm³/mol. The highest BCUT2D eigenvalue weighted by molar-refractivity contribution is 8.14. The molecule has 0 spiro atoms. The molecule has 0 aromatic rings. The number of rotatable bonds is 3. The molecule has 17 heavy (non-hydrogen) atoms. The Balaban J connectivity index is 1.71. The number of amidine groups is 1. The predicted octanol–water partition coefficient (Wildman–Crippen LogP) is 2.81. The zero-order valence-corrected chi connectivity index (χ0v) is 11.8. The Bertz CT molecular complexity index is 252. The van der Waals surface area contributed by atoms with Gasteiger partial charge in [-0.2, -0.15) is 0 Å². The van der Waals surface area contributed by atoms with Crippen LogP contribution in [0, 0.1) is 0 Å². The second-order valence-corrected chi connectivity index (χ2v) is 6.60. The molecule has 0 aliphatic carbocycles. The van der Waals surface area contributed by atoms with Crippen molar-refractivity contribution in [2.45, 2.75) is 63.3 Å². The SMILES string of the molecule is CC1CC(C)SC(=NCCC2CCCCO2)N1. The van der Waals surface area contributed by atoms with E-state index >= 15 is 0 Å². The van der Waals surface area contributed by atoms with Crippen molar-refractivity contribution in [2.24, 2.45) is 4.99 Å². The molecule has 3 nitrogen and oxygen atoms in total. The van der Waals surface area contributed by atoms with E-state index in [9.17, 15) is 0 Å². The van der Waals surface area contributed by atoms with Gasteiger partial charge in [0.25, 0.3) is 0 Å². The summed E-state index contributed by atoms with van der Waals surface area (Å²) in [5.41, 5.74) is 0. The van der Waals surface area contributed by atoms with Gasteiger partial charge in [0, 0.05) is 24.4 Å². The first kappa shape index (κ1) is 13.2. The van der Waals surface area contributed by atoms with Gasteiger partial charge in [0.1, 0.15) is 0 Å². The normalized spacial score (nSPS) is 36.8. The second kappa shape index (κ2) is 6.64. The standard InChI is InChI=1S/C13H24N2OS/c1-10-9-11(2)17-13(15-10)14-7-6-12-5-3-4-8-16-12/h10-12H,3-9H2,1-2H3,(H,14,15). The van der Waals surface area contributed by atoms with Crippen LogP contribution in [0.15, 0.2) is 4.99 Å². The minimum Gasteiger partial charge on any atom is -0.378 e. The van der Waals surface area contributed by atoms with Gasteiger partial charge in [-0.3, -0.25) is 4.99 Å². The van der Waals surface area contributed by atoms with Crippen LogP contribution in [-0.2, 0) is 4.74 Å². The number of aliphatic imine (C=N–C) groups is 1. The van der Waals surface area contributed by atoms with Crippen LogP contribution in [0.5, 0.6) is 0 Å². The van der Waals surface area contributed by atoms with Gasteiger partial charge in [0.15, 0.2) is 5.17 Å². The Kier molecular flexibility index (Phi) is 5.16. The first-order valence-corrected chi connectivity index (χ1v) is 7.71. The second-order valence-electron chi connectivity index (χ2n) is 5.17. The minimum atomic E-state index is 0.455. The summed E-state index contributed by atoms with van der Waals surface area (Å²) < 4.78 is 5.71. The largest absolute Gasteiger partial charge is 0.378 e. The number of nitrogens with zero attached hydrogens (tertiary/aromatic N) is 1. The fraction of sp³-hybridized carbons (Fsp3) is 0.923. The van der Waals surface area contributed by atoms with E-state index in [0.29, 0.717) is 17.4 Å². The highest BCUT2D eigenvalue weighted by Gasteiger charge is 2.19. The maximum absolute atomic E-state index is 5.71. The lowest BCUT2D eigenvalue weighted by molar-refractivity contribution is 0.0129. The third-order valence-corrected chi connectivity index (χ3v) is 4.41. The minimum absolute atomic E-state index is 0.455. The first-order valence-electron chi connectivity index (χ1n) is 6.83. The molecule has 0 aromatic heterocycles. The van der Waals surface area contributed by atoms with E-state index in [1.54, 1.807) is 0 Å². The topological polar surface area (TPSA) is 33.6 Å². The van der Waals surface area contributed by atoms with Crippen LogP contribution in [0.2, 0.25) is 0 Å². The van der Waals surface area contributed by atoms with E-state index in [-0.39, 0.29) is 0 Å². The lowest BCUT2D eigenvalue weighted by atomic mass is 10.1. The molecule has 0 aromatic carbocycles. The van der Waals surface area contributed by atoms with Gasteiger partial charge in [0.05, 0.1) is 6.10 Å². The van der Waals surface area contributed by atoms with Crippen LogP contribution in [0.1, 0.15) is 46.0 Å². The van der Waals surface area contributed by atoms with Gasteiger partial charge in [0.2, 0.25) is 0 Å². The maximum Gasteiger partial charge on any atom is 0.157 e. The third kappa shape index (κ3) is 4.51. The molecule has 2 aliphatic rings. The third-order valence-electron chi connectivity index (χ3n) is 3.35. The number of ether oxygens (including phenoxy) is 1. The fourth-order valence-corrected chi connectivity index (χ4v) is 3.67. The van der Waals surface area contributed by atoms with Crippen LogP contribution >= 0.6 is 11.8 Å². The van der Waals surface area contributed by atoms with Gasteiger partial charge in [-0.25, -0.2) is 0 Å². The van der Waals surface area contributed by atoms with E-state index < -0.39 is 0 Å². The van der Waals surface area contributed by atoms with Crippen molar-refractivity contribution in [3.05, 3.63) is 0 Å². The molecule has 2 rings (SSSR count). The average Bonchev–Trinajstić information content (AvgIpc) is 2.29. The van der Waals surface area contributed by atoms with Crippen molar-refractivity contribution in [2.75, 3.05) is 13.2 Å². The maximum atomic E-state index is 5.71. The molecule has 0 amide bonds. The van der Waals surface area contributed by atoms with Crippen LogP contribution in [0.4, 0.5) is 0 Å². The molecule has 2 fully saturated rings. The van der Waals surface area contributed by atoms with Crippen LogP contribution in [-0.4, -0.2) is 35.7 Å². The summed E-state index contributed by atoms with van der Waals surface area (Å²) in [6, 6.07) is 0.566. The molecule has 2 heterocycles. The average molecular weight is 256 g/mol. The van der Waals surface area contributed by atoms with Gasteiger partial charge >= 0.3 is 0 Å². The van der Waals surface area contributed by atoms with E-state index in [4.69, 9.17) is 4.74 Å². The molecule has 1 N–H and O–H groups in total. The van der Waals surface area contributed by atoms with Crippen molar-refractivity contribution >= 4 is 16.9 Å². The highest BCUT2D eigenvalue weighted by atomic mass is 32.2. The number of nitrogens with one attached hydrogen (secondary N) is 1. The van der Waals surface area contributed by atoms with E-state index in [0.717, 1.165) is 24.7 Å². The summed E-state index contributed by atoms with van der Waals surface area (Å²) in [4.78, 5) is 4.67. The Morgan fingerprint density at radius 1 is 1.41 bits per heavy atom. The monoisotopic (exact) mass is 256 g/mol. The summed E-state index contributed by atoms with van der Waals surface area (Å²) in [6.45, 7) is 6.36. The van der Waals surface area contributed by atoms with E-state index in [1.165, 1.54) is 25.7 Å². The van der Waals surface area contributed by atoms with Crippen molar-refractivity contribution in [3.8, 4) is 0 Å². The first-order chi connectivity index (χ1) is 8.24. The van der Waals surface area contributed by atoms with E-state index in [2.05, 4.69) is 24.2 Å². The summed E-state index contributed by atoms with van der Waals surface area (Å²) in [6.07, 6.45) is 6.54. The van der Waals surface area contributed by atoms with Crippen LogP contribution in [0.3, 0.4) is 0 Å². The lowest BCUT2D eigenvalue weighted by Crippen LogP contribution is -2.38. The summed E-state index contributed by atoms with van der Waals surface area (Å²) in [7, 11) is 0. The molecule has 98 valence electrons. The van der Waals surface area contributed by atoms with Gasteiger partial charge < -0.3 is 10.1 Å². The molecule has 4 heteroatoms. The van der Waals surface area contributed by atoms with Crippen molar-refractivity contribution in [1.82, 2.24) is 5.32 Å². The van der Waals surface area contributed by atoms with Crippen molar-refractivity contribution in [1.29, 1.82) is 0 Å². The number of thioether (sulfide) groups is 1. The zero-order chi connectivity index (χ0) is 12.1. The quantitative estimate of drug-likeness (QED) is 0.843. The lowest BCUT2D eigenvalue weighted by Gasteiger charge is -2.27. The molecule has 0 bridgehead atoms. The molecule has 0 saturated carbocycles. The zero-order valence-electron chi connectivity index (χ0n) is 10.9. The Labute approximate surface area is 109 Å². The number of hydrogen-bond acceptors (Lipinski definition) is 3. The Hall–Kier alpha value is -0.220. The van der Waals surface area contributed by atoms with Crippen LogP contribution in [0.25, 0.3) is 0 Å². The van der Waals surface area contributed by atoms with Gasteiger partial charge in [-0.15, -0.1) is 0 Å². The van der Waals surface area contributed by atoms with E-state index in [1.807, 2.05) is 11.8 Å². The van der Waals surface area contributed by atoms with Crippen molar-refractivity contribution < 1.29 is 4.74 Å². The van der Waals surface area contributed by atoms with Crippen LogP contribution < -0.4 is 5.32 Å². The summed E-state index contributed by atoms with van der Waals surface area (Å²) in [5.74, 6) is 0. The molecular formula is C13H24N2OS. The molecule has 0 radical (unpaired) electrons. The highest BCUT2D eigenvalue weighted by Crippen LogP contribution is 2.22. The molecule has 2 saturated heterocycles. The van der Waals surface area contributed by atoms with Crippen molar-refractivity contribution in [3.63, 3.8) is 0 Å². The molecule has 2 aliphatic heterocycles. The van der Waals surface area contributed by atoms with Gasteiger partial charge in [-0.05, 0) is 39.0 Å². The molecule has 3 atom stereocenters. The molecule has 3 unspecified atom stereocenters. The van der Waals surface area contributed by atoms with Gasteiger partial charge in [-0.1, -0.05) is 18.7 Å². The molecular weight excluding hydrogens is 232 g/mol. The smallest absolute Gasteiger partial charge is 0.157 e. The summed E-state index contributed by atoms with van der Waals surface area (Å²) in [5, 5.41) is 5.28. The Morgan fingerprint density at radius 2 is 2.29 bits per heavy atom. The Morgan fingerprint density at radius 3 is 3.00 bits per heavy atom.